The Kier molecular flexibility index (Phi) is 3.69. The van der Waals surface area contributed by atoms with Crippen LogP contribution in [0.4, 0.5) is 5.82 Å². The first-order valence-electron chi connectivity index (χ1n) is 6.33. The molecule has 3 N–H and O–H groups in total. The zero-order valence-electron chi connectivity index (χ0n) is 11.7. The first kappa shape index (κ1) is 13.3. The van der Waals surface area contributed by atoms with Gasteiger partial charge in [-0.05, 0) is 19.8 Å². The molecule has 0 aliphatic rings. The van der Waals surface area contributed by atoms with E-state index in [0.29, 0.717) is 18.2 Å². The second-order valence-corrected chi connectivity index (χ2v) is 5.00. The van der Waals surface area contributed by atoms with Crippen LogP contribution < -0.4 is 5.32 Å². The van der Waals surface area contributed by atoms with Crippen LogP contribution in [0.3, 0.4) is 0 Å². The van der Waals surface area contributed by atoms with Gasteiger partial charge in [0.2, 0.25) is 5.91 Å². The van der Waals surface area contributed by atoms with E-state index < -0.39 is 0 Å². The Labute approximate surface area is 112 Å². The van der Waals surface area contributed by atoms with Crippen LogP contribution in [-0.4, -0.2) is 26.3 Å². The molecule has 2 aromatic rings. The van der Waals surface area contributed by atoms with Crippen LogP contribution in [-0.2, 0) is 11.2 Å². The molecule has 0 saturated heterocycles. The van der Waals surface area contributed by atoms with E-state index in [1.54, 1.807) is 0 Å². The molecule has 0 unspecified atom stereocenters. The van der Waals surface area contributed by atoms with E-state index in [1.807, 2.05) is 19.9 Å². The van der Waals surface area contributed by atoms with Crippen molar-refractivity contribution in [2.24, 2.45) is 0 Å². The van der Waals surface area contributed by atoms with Gasteiger partial charge in [0.05, 0.1) is 12.1 Å². The highest BCUT2D eigenvalue weighted by molar-refractivity contribution is 5.91. The Balaban J connectivity index is 2.01. The van der Waals surface area contributed by atoms with E-state index >= 15 is 0 Å². The number of aromatic nitrogens is 4. The van der Waals surface area contributed by atoms with Crippen molar-refractivity contribution in [3.63, 3.8) is 0 Å². The largest absolute Gasteiger partial charge is 0.309 e. The summed E-state index contributed by atoms with van der Waals surface area (Å²) in [4.78, 5) is 12.0. The van der Waals surface area contributed by atoms with Crippen molar-refractivity contribution in [3.05, 3.63) is 28.7 Å². The highest BCUT2D eigenvalue weighted by atomic mass is 16.1. The molecule has 2 rings (SSSR count). The Morgan fingerprint density at radius 2 is 2.05 bits per heavy atom. The Morgan fingerprint density at radius 3 is 2.58 bits per heavy atom. The number of rotatable bonds is 4. The number of aryl methyl sites for hydroxylation is 2. The molecule has 0 aromatic carbocycles. The molecule has 102 valence electrons. The van der Waals surface area contributed by atoms with Crippen LogP contribution in [0.25, 0.3) is 0 Å². The van der Waals surface area contributed by atoms with Gasteiger partial charge in [-0.15, -0.1) is 0 Å². The predicted octanol–water partition coefficient (Wildman–Crippen LogP) is 2.05. The number of hydrogen-bond acceptors (Lipinski definition) is 3. The van der Waals surface area contributed by atoms with E-state index in [2.05, 4.69) is 39.6 Å². The van der Waals surface area contributed by atoms with Gasteiger partial charge in [0.1, 0.15) is 0 Å². The van der Waals surface area contributed by atoms with Gasteiger partial charge in [-0.2, -0.15) is 10.2 Å². The summed E-state index contributed by atoms with van der Waals surface area (Å²) in [7, 11) is 0. The van der Waals surface area contributed by atoms with E-state index in [4.69, 9.17) is 0 Å². The van der Waals surface area contributed by atoms with Crippen LogP contribution in [0.1, 0.15) is 42.4 Å². The lowest BCUT2D eigenvalue weighted by atomic mass is 10.1. The van der Waals surface area contributed by atoms with Gasteiger partial charge in [0.25, 0.3) is 0 Å². The molecule has 0 aliphatic carbocycles. The van der Waals surface area contributed by atoms with Crippen molar-refractivity contribution in [1.82, 2.24) is 20.4 Å². The molecule has 19 heavy (non-hydrogen) atoms. The van der Waals surface area contributed by atoms with Gasteiger partial charge in [-0.25, -0.2) is 0 Å². The lowest BCUT2D eigenvalue weighted by Crippen LogP contribution is -2.15. The molecule has 0 bridgehead atoms. The molecule has 2 aromatic heterocycles. The molecule has 0 atom stereocenters. The summed E-state index contributed by atoms with van der Waals surface area (Å²) >= 11 is 0. The number of H-pyrrole nitrogens is 2. The molecule has 0 radical (unpaired) electrons. The first-order chi connectivity index (χ1) is 8.97. The zero-order valence-corrected chi connectivity index (χ0v) is 11.7. The second kappa shape index (κ2) is 5.26. The first-order valence-corrected chi connectivity index (χ1v) is 6.33. The average molecular weight is 261 g/mol. The van der Waals surface area contributed by atoms with Gasteiger partial charge in [0.15, 0.2) is 5.82 Å². The standard InChI is InChI=1S/C13H19N5O/c1-7(2)11-6-12(18-17-11)14-13(19)5-10-8(3)15-16-9(10)4/h6-7H,5H2,1-4H3,(H,15,16)(H2,14,17,18,19). The van der Waals surface area contributed by atoms with Gasteiger partial charge < -0.3 is 5.32 Å². The van der Waals surface area contributed by atoms with E-state index in [1.165, 1.54) is 0 Å². The van der Waals surface area contributed by atoms with Gasteiger partial charge >= 0.3 is 0 Å². The quantitative estimate of drug-likeness (QED) is 0.787. The summed E-state index contributed by atoms with van der Waals surface area (Å²) in [5, 5.41) is 16.7. The van der Waals surface area contributed by atoms with E-state index in [-0.39, 0.29) is 5.91 Å². The Morgan fingerprint density at radius 1 is 1.32 bits per heavy atom. The maximum Gasteiger partial charge on any atom is 0.230 e. The van der Waals surface area contributed by atoms with Crippen LogP contribution in [0.5, 0.6) is 0 Å². The molecule has 0 spiro atoms. The smallest absolute Gasteiger partial charge is 0.230 e. The number of nitrogens with zero attached hydrogens (tertiary/aromatic N) is 2. The predicted molar refractivity (Wildman–Crippen MR) is 73.1 cm³/mol. The van der Waals surface area contributed by atoms with Crippen molar-refractivity contribution >= 4 is 11.7 Å². The molecular formula is C13H19N5O. The van der Waals surface area contributed by atoms with Crippen LogP contribution in [0, 0.1) is 13.8 Å². The van der Waals surface area contributed by atoms with Gasteiger partial charge in [-0.3, -0.25) is 15.0 Å². The van der Waals surface area contributed by atoms with Crippen molar-refractivity contribution in [2.45, 2.75) is 40.0 Å². The third kappa shape index (κ3) is 3.01. The zero-order chi connectivity index (χ0) is 14.0. The number of hydrogen-bond donors (Lipinski definition) is 3. The fraction of sp³-hybridized carbons (Fsp3) is 0.462. The average Bonchev–Trinajstić information content (AvgIpc) is 2.91. The molecule has 1 amide bonds. The minimum Gasteiger partial charge on any atom is -0.309 e. The fourth-order valence-electron chi connectivity index (χ4n) is 1.88. The number of amides is 1. The number of carbonyl (C=O) groups is 1. The normalized spacial score (nSPS) is 11.0. The topological polar surface area (TPSA) is 86.5 Å². The maximum atomic E-state index is 12.0. The van der Waals surface area contributed by atoms with Crippen molar-refractivity contribution in [2.75, 3.05) is 5.32 Å². The summed E-state index contributed by atoms with van der Waals surface area (Å²) in [6.07, 6.45) is 0.304. The third-order valence-electron chi connectivity index (χ3n) is 3.11. The lowest BCUT2D eigenvalue weighted by molar-refractivity contribution is -0.115. The summed E-state index contributed by atoms with van der Waals surface area (Å²) in [6.45, 7) is 7.93. The van der Waals surface area contributed by atoms with Crippen molar-refractivity contribution in [1.29, 1.82) is 0 Å². The number of nitrogens with one attached hydrogen (secondary N) is 3. The van der Waals surface area contributed by atoms with E-state index in [9.17, 15) is 4.79 Å². The Bertz CT molecular complexity index is 562. The van der Waals surface area contributed by atoms with Crippen molar-refractivity contribution in [3.8, 4) is 0 Å². The molecule has 2 heterocycles. The molecule has 0 fully saturated rings. The summed E-state index contributed by atoms with van der Waals surface area (Å²) < 4.78 is 0. The van der Waals surface area contributed by atoms with Gasteiger partial charge in [-0.1, -0.05) is 13.8 Å². The number of anilines is 1. The summed E-state index contributed by atoms with van der Waals surface area (Å²) in [5.41, 5.74) is 3.73. The lowest BCUT2D eigenvalue weighted by Gasteiger charge is -2.02. The monoisotopic (exact) mass is 261 g/mol. The molecule has 0 saturated carbocycles. The molecule has 0 aliphatic heterocycles. The fourth-order valence-corrected chi connectivity index (χ4v) is 1.88. The highest BCUT2D eigenvalue weighted by Gasteiger charge is 2.13. The Hall–Kier alpha value is -2.11. The molecule has 6 heteroatoms. The minimum atomic E-state index is -0.0885. The molecule has 6 nitrogen and oxygen atoms in total. The maximum absolute atomic E-state index is 12.0. The van der Waals surface area contributed by atoms with Crippen molar-refractivity contribution < 1.29 is 4.79 Å². The van der Waals surface area contributed by atoms with Crippen LogP contribution >= 0.6 is 0 Å². The summed E-state index contributed by atoms with van der Waals surface area (Å²) in [6, 6.07) is 1.86. The minimum absolute atomic E-state index is 0.0885. The summed E-state index contributed by atoms with van der Waals surface area (Å²) in [5.74, 6) is 0.832. The molecular weight excluding hydrogens is 242 g/mol. The van der Waals surface area contributed by atoms with E-state index in [0.717, 1.165) is 22.6 Å². The third-order valence-corrected chi connectivity index (χ3v) is 3.11. The number of aromatic amines is 2. The highest BCUT2D eigenvalue weighted by Crippen LogP contribution is 2.15. The van der Waals surface area contributed by atoms with Crippen LogP contribution in [0.2, 0.25) is 0 Å². The van der Waals surface area contributed by atoms with Gasteiger partial charge in [0, 0.05) is 23.0 Å². The SMILES string of the molecule is Cc1n[nH]c(C)c1CC(=O)Nc1cc(C(C)C)[nH]n1. The second-order valence-electron chi connectivity index (χ2n) is 5.00. The number of carbonyl (C=O) groups excluding carboxylic acids is 1. The van der Waals surface area contributed by atoms with Crippen LogP contribution in [0.15, 0.2) is 6.07 Å².